The molecule has 0 unspecified atom stereocenters. The van der Waals surface area contributed by atoms with E-state index in [2.05, 4.69) is 95.6 Å². The third-order valence-electron chi connectivity index (χ3n) is 3.29. The van der Waals surface area contributed by atoms with Crippen LogP contribution in [0, 0.1) is 0 Å². The van der Waals surface area contributed by atoms with Gasteiger partial charge in [-0.1, -0.05) is 50.1 Å². The molecule has 0 radical (unpaired) electrons. The van der Waals surface area contributed by atoms with Gasteiger partial charge in [0.15, 0.2) is 11.5 Å². The van der Waals surface area contributed by atoms with Gasteiger partial charge in [0.05, 0.1) is 17.9 Å². The van der Waals surface area contributed by atoms with E-state index in [1.165, 1.54) is 0 Å². The number of rotatable bonds is 6. The summed E-state index contributed by atoms with van der Waals surface area (Å²) in [5.41, 5.74) is 0. The Kier molecular flexibility index (Phi) is 8.37. The van der Waals surface area contributed by atoms with Crippen molar-refractivity contribution in [3.63, 3.8) is 0 Å². The van der Waals surface area contributed by atoms with Crippen molar-refractivity contribution in [2.75, 3.05) is 0 Å². The molecule has 0 aliphatic carbocycles. The van der Waals surface area contributed by atoms with Gasteiger partial charge in [0.25, 0.3) is 0 Å². The molecule has 3 aromatic rings. The van der Waals surface area contributed by atoms with Crippen LogP contribution in [-0.4, -0.2) is 0 Å². The van der Waals surface area contributed by atoms with Crippen LogP contribution in [0.25, 0.3) is 0 Å². The molecule has 11 heteroatoms. The second-order valence-corrected chi connectivity index (χ2v) is 12.1. The van der Waals surface area contributed by atoms with E-state index >= 15 is 0 Å². The highest BCUT2D eigenvalue weighted by Gasteiger charge is 2.36. The van der Waals surface area contributed by atoms with Crippen LogP contribution in [0.2, 0.25) is 0 Å². The lowest BCUT2D eigenvalue weighted by atomic mass is 10.3. The molecule has 0 saturated heterocycles. The monoisotopic (exact) mass is 794 g/mol. The number of para-hydroxylation sites is 1. The van der Waals surface area contributed by atoms with E-state index in [0.717, 1.165) is 8.95 Å². The third-order valence-corrected chi connectivity index (χ3v) is 7.81. The molecular weight excluding hydrogens is 791 g/mol. The molecule has 3 aromatic carbocycles. The minimum atomic E-state index is -4.17. The van der Waals surface area contributed by atoms with E-state index in [1.807, 2.05) is 6.07 Å². The molecule has 0 bridgehead atoms. The zero-order valence-electron chi connectivity index (χ0n) is 14.0. The van der Waals surface area contributed by atoms with Gasteiger partial charge >= 0.3 is 7.82 Å². The zero-order chi connectivity index (χ0) is 21.2. The Morgan fingerprint density at radius 2 is 0.966 bits per heavy atom. The predicted molar refractivity (Wildman–Crippen MR) is 135 cm³/mol. The van der Waals surface area contributed by atoms with Gasteiger partial charge in [-0.25, -0.2) is 0 Å². The topological polar surface area (TPSA) is 44.8 Å². The first-order valence-corrected chi connectivity index (χ1v) is 13.9. The van der Waals surface area contributed by atoms with Crippen molar-refractivity contribution < 1.29 is 18.1 Å². The summed E-state index contributed by atoms with van der Waals surface area (Å²) in [7, 11) is -4.17. The molecule has 0 heterocycles. The number of hydrogen-bond acceptors (Lipinski definition) is 4. The summed E-state index contributed by atoms with van der Waals surface area (Å²) in [6.07, 6.45) is 0. The fourth-order valence-corrected chi connectivity index (χ4v) is 8.80. The first kappa shape index (κ1) is 23.8. The fraction of sp³-hybridized carbons (Fsp3) is 0. The minimum absolute atomic E-state index is 0.275. The highest BCUT2D eigenvalue weighted by atomic mass is 79.9. The zero-order valence-corrected chi connectivity index (χ0v) is 24.5. The van der Waals surface area contributed by atoms with E-state index < -0.39 is 7.82 Å². The second-order valence-electron chi connectivity index (χ2n) is 5.43. The van der Waals surface area contributed by atoms with Crippen molar-refractivity contribution in [1.29, 1.82) is 0 Å². The molecule has 0 atom stereocenters. The lowest BCUT2D eigenvalue weighted by Gasteiger charge is -2.22. The van der Waals surface area contributed by atoms with Crippen LogP contribution >= 0.6 is 103 Å². The molecule has 0 aliphatic heterocycles. The molecule has 4 nitrogen and oxygen atoms in total. The maximum absolute atomic E-state index is 13.7. The molecular formula is C18H9Br6O4P. The van der Waals surface area contributed by atoms with E-state index in [1.54, 1.807) is 48.5 Å². The maximum Gasteiger partial charge on any atom is 0.647 e. The van der Waals surface area contributed by atoms with Crippen molar-refractivity contribution in [3.05, 3.63) is 81.4 Å². The van der Waals surface area contributed by atoms with Crippen molar-refractivity contribution in [2.45, 2.75) is 0 Å². The number of benzene rings is 3. The van der Waals surface area contributed by atoms with E-state index in [9.17, 15) is 4.57 Å². The van der Waals surface area contributed by atoms with Crippen molar-refractivity contribution in [1.82, 2.24) is 0 Å². The van der Waals surface area contributed by atoms with E-state index in [0.29, 0.717) is 23.6 Å². The summed E-state index contributed by atoms with van der Waals surface area (Å²) >= 11 is 20.5. The number of phosphoric ester groups is 1. The Bertz CT molecular complexity index is 983. The van der Waals surface area contributed by atoms with Gasteiger partial charge < -0.3 is 13.6 Å². The standard InChI is InChI=1S/C18H9Br6O4P/c19-10-6-13(21)17(14(22)7-10)27-29(25,26-12-4-2-1-3-5-12)28-18-15(23)8-11(20)9-16(18)24/h1-9H. The van der Waals surface area contributed by atoms with Crippen LogP contribution in [0.5, 0.6) is 17.2 Å². The summed E-state index contributed by atoms with van der Waals surface area (Å²) in [5, 5.41) is 0. The van der Waals surface area contributed by atoms with E-state index in [-0.39, 0.29) is 11.5 Å². The van der Waals surface area contributed by atoms with Crippen molar-refractivity contribution in [3.8, 4) is 17.2 Å². The van der Waals surface area contributed by atoms with Crippen LogP contribution in [0.1, 0.15) is 0 Å². The quantitative estimate of drug-likeness (QED) is 0.233. The average Bonchev–Trinajstić information content (AvgIpc) is 2.62. The smallest absolute Gasteiger partial charge is 0.386 e. The van der Waals surface area contributed by atoms with E-state index in [4.69, 9.17) is 13.6 Å². The summed E-state index contributed by atoms with van der Waals surface area (Å²) in [5.74, 6) is 0.887. The summed E-state index contributed by atoms with van der Waals surface area (Å²) in [6.45, 7) is 0. The Balaban J connectivity index is 2.04. The van der Waals surface area contributed by atoms with Gasteiger partial charge in [-0.15, -0.1) is 0 Å². The molecule has 0 amide bonds. The molecule has 0 saturated carbocycles. The first-order valence-electron chi connectivity index (χ1n) is 7.70. The van der Waals surface area contributed by atoms with Crippen LogP contribution < -0.4 is 13.6 Å². The van der Waals surface area contributed by atoms with Gasteiger partial charge in [0.1, 0.15) is 5.75 Å². The molecule has 152 valence electrons. The minimum Gasteiger partial charge on any atom is -0.386 e. The van der Waals surface area contributed by atoms with Crippen molar-refractivity contribution >= 4 is 103 Å². The van der Waals surface area contributed by atoms with Crippen LogP contribution in [0.4, 0.5) is 0 Å². The van der Waals surface area contributed by atoms with Gasteiger partial charge in [0, 0.05) is 8.95 Å². The Labute approximate surface area is 218 Å². The molecule has 29 heavy (non-hydrogen) atoms. The van der Waals surface area contributed by atoms with Crippen molar-refractivity contribution in [2.24, 2.45) is 0 Å². The maximum atomic E-state index is 13.7. The molecule has 3 rings (SSSR count). The number of hydrogen-bond donors (Lipinski definition) is 0. The third kappa shape index (κ3) is 6.34. The lowest BCUT2D eigenvalue weighted by molar-refractivity contribution is 0.296. The highest BCUT2D eigenvalue weighted by molar-refractivity contribution is 9.12. The largest absolute Gasteiger partial charge is 0.647 e. The lowest BCUT2D eigenvalue weighted by Crippen LogP contribution is -2.09. The summed E-state index contributed by atoms with van der Waals surface area (Å²) in [4.78, 5) is 0. The molecule has 0 N–H and O–H groups in total. The van der Waals surface area contributed by atoms with Crippen LogP contribution in [0.15, 0.2) is 81.4 Å². The van der Waals surface area contributed by atoms with Crippen LogP contribution in [0.3, 0.4) is 0 Å². The Morgan fingerprint density at radius 1 is 0.586 bits per heavy atom. The second kappa shape index (κ2) is 10.2. The Hall–Kier alpha value is 0.170. The molecule has 0 aromatic heterocycles. The molecule has 0 fully saturated rings. The van der Waals surface area contributed by atoms with Gasteiger partial charge in [-0.2, -0.15) is 4.57 Å². The normalized spacial score (nSPS) is 11.2. The highest BCUT2D eigenvalue weighted by Crippen LogP contribution is 2.55. The number of halogens is 6. The van der Waals surface area contributed by atoms with Crippen LogP contribution in [-0.2, 0) is 4.57 Å². The van der Waals surface area contributed by atoms with Gasteiger partial charge in [0.2, 0.25) is 0 Å². The molecule has 0 aliphatic rings. The Morgan fingerprint density at radius 3 is 1.34 bits per heavy atom. The van der Waals surface area contributed by atoms with Gasteiger partial charge in [-0.05, 0) is 100 Å². The van der Waals surface area contributed by atoms with Gasteiger partial charge in [-0.3, -0.25) is 0 Å². The number of phosphoric acid groups is 1. The predicted octanol–water partition coefficient (Wildman–Crippen LogP) is 9.91. The fourth-order valence-electron chi connectivity index (χ4n) is 2.12. The first-order chi connectivity index (χ1) is 13.7. The summed E-state index contributed by atoms with van der Waals surface area (Å²) in [6, 6.07) is 15.7. The molecule has 0 spiro atoms. The summed E-state index contributed by atoms with van der Waals surface area (Å²) < 4.78 is 34.9. The SMILES string of the molecule is O=P(Oc1ccccc1)(Oc1c(Br)cc(Br)cc1Br)Oc1c(Br)cc(Br)cc1Br. The average molecular weight is 800 g/mol.